The third kappa shape index (κ3) is 6.33. The summed E-state index contributed by atoms with van der Waals surface area (Å²) < 4.78 is 16.4. The Bertz CT molecular complexity index is 1290. The number of carbonyl (C=O) groups excluding carboxylic acids is 2. The number of hydrazone groups is 1. The summed E-state index contributed by atoms with van der Waals surface area (Å²) in [5.74, 6) is 0.837. The van der Waals surface area contributed by atoms with Gasteiger partial charge in [0.25, 0.3) is 11.8 Å². The number of methoxy groups -OCH3 is 2. The van der Waals surface area contributed by atoms with Gasteiger partial charge in [-0.15, -0.1) is 22.7 Å². The zero-order valence-corrected chi connectivity index (χ0v) is 23.7. The minimum absolute atomic E-state index is 0.0634. The molecule has 5 rings (SSSR count). The molecule has 206 valence electrons. The number of thiophene rings is 2. The van der Waals surface area contributed by atoms with Crippen LogP contribution in [0.3, 0.4) is 0 Å². The van der Waals surface area contributed by atoms with Crippen molar-refractivity contribution in [3.05, 3.63) is 68.5 Å². The Balaban J connectivity index is 1.40. The maximum atomic E-state index is 13.9. The molecule has 1 atom stereocenters. The van der Waals surface area contributed by atoms with Crippen LogP contribution in [-0.2, 0) is 9.53 Å². The van der Waals surface area contributed by atoms with Gasteiger partial charge in [-0.05, 0) is 40.6 Å². The molecule has 0 unspecified atom stereocenters. The smallest absolute Gasteiger partial charge is 0.264 e. The largest absolute Gasteiger partial charge is 0.493 e. The number of rotatable bonds is 10. The minimum atomic E-state index is -0.327. The number of ether oxygens (including phenoxy) is 3. The Hall–Kier alpha value is -3.25. The first-order valence-corrected chi connectivity index (χ1v) is 14.6. The lowest BCUT2D eigenvalue weighted by atomic mass is 10.0. The summed E-state index contributed by atoms with van der Waals surface area (Å²) in [6.45, 7) is 4.05. The van der Waals surface area contributed by atoms with Crippen molar-refractivity contribution in [1.29, 1.82) is 0 Å². The van der Waals surface area contributed by atoms with Crippen LogP contribution in [0.1, 0.15) is 32.6 Å². The Morgan fingerprint density at radius 2 is 1.82 bits per heavy atom. The number of hydrogen-bond acceptors (Lipinski definition) is 9. The van der Waals surface area contributed by atoms with E-state index < -0.39 is 0 Å². The lowest BCUT2D eigenvalue weighted by Gasteiger charge is -2.31. The van der Waals surface area contributed by atoms with Gasteiger partial charge in [0, 0.05) is 32.6 Å². The highest BCUT2D eigenvalue weighted by molar-refractivity contribution is 7.12. The van der Waals surface area contributed by atoms with Crippen LogP contribution < -0.4 is 9.47 Å². The lowest BCUT2D eigenvalue weighted by Crippen LogP contribution is -2.46. The van der Waals surface area contributed by atoms with E-state index in [4.69, 9.17) is 19.3 Å². The fourth-order valence-corrected chi connectivity index (χ4v) is 6.19. The van der Waals surface area contributed by atoms with Crippen molar-refractivity contribution < 1.29 is 23.8 Å². The van der Waals surface area contributed by atoms with Crippen LogP contribution in [0.25, 0.3) is 0 Å². The summed E-state index contributed by atoms with van der Waals surface area (Å²) in [5.41, 5.74) is 1.74. The topological polar surface area (TPSA) is 83.9 Å². The van der Waals surface area contributed by atoms with Crippen LogP contribution in [0.15, 0.2) is 58.3 Å². The fraction of sp³-hybridized carbons (Fsp3) is 0.393. The van der Waals surface area contributed by atoms with Gasteiger partial charge >= 0.3 is 0 Å². The van der Waals surface area contributed by atoms with Crippen LogP contribution in [-0.4, -0.2) is 92.5 Å². The van der Waals surface area contributed by atoms with Crippen LogP contribution >= 0.6 is 22.7 Å². The van der Waals surface area contributed by atoms with Gasteiger partial charge < -0.3 is 19.1 Å². The highest BCUT2D eigenvalue weighted by Gasteiger charge is 2.35. The summed E-state index contributed by atoms with van der Waals surface area (Å²) in [6.07, 6.45) is 0.564. The van der Waals surface area contributed by atoms with E-state index in [-0.39, 0.29) is 24.4 Å². The van der Waals surface area contributed by atoms with E-state index in [1.165, 1.54) is 11.3 Å². The van der Waals surface area contributed by atoms with Gasteiger partial charge in [0.05, 0.1) is 48.9 Å². The second-order valence-corrected chi connectivity index (χ2v) is 11.2. The highest BCUT2D eigenvalue weighted by atomic mass is 32.1. The second kappa shape index (κ2) is 12.7. The molecule has 11 heteroatoms. The van der Waals surface area contributed by atoms with Crippen molar-refractivity contribution in [2.24, 2.45) is 5.10 Å². The third-order valence-electron chi connectivity index (χ3n) is 6.90. The molecule has 1 fully saturated rings. The predicted octanol–water partition coefficient (Wildman–Crippen LogP) is 3.98. The van der Waals surface area contributed by atoms with E-state index in [2.05, 4.69) is 4.90 Å². The normalized spacial score (nSPS) is 17.6. The molecule has 0 spiro atoms. The van der Waals surface area contributed by atoms with E-state index in [1.54, 1.807) is 41.5 Å². The zero-order chi connectivity index (χ0) is 27.2. The van der Waals surface area contributed by atoms with E-state index in [0.717, 1.165) is 29.2 Å². The first-order valence-electron chi connectivity index (χ1n) is 12.9. The van der Waals surface area contributed by atoms with Gasteiger partial charge in [-0.25, -0.2) is 5.01 Å². The van der Waals surface area contributed by atoms with Crippen molar-refractivity contribution >= 4 is 40.2 Å². The number of morpholine rings is 1. The molecule has 1 aromatic carbocycles. The molecule has 4 heterocycles. The number of nitrogens with zero attached hydrogens (tertiary/aromatic N) is 4. The lowest BCUT2D eigenvalue weighted by molar-refractivity contribution is -0.133. The molecule has 9 nitrogen and oxygen atoms in total. The Kier molecular flexibility index (Phi) is 8.92. The molecule has 0 radical (unpaired) electrons. The maximum Gasteiger partial charge on any atom is 0.264 e. The van der Waals surface area contributed by atoms with Crippen LogP contribution in [0, 0.1) is 0 Å². The average molecular weight is 569 g/mol. The first kappa shape index (κ1) is 27.3. The molecular weight excluding hydrogens is 536 g/mol. The van der Waals surface area contributed by atoms with Gasteiger partial charge in [0.2, 0.25) is 0 Å². The average Bonchev–Trinajstić information content (AvgIpc) is 3.77. The van der Waals surface area contributed by atoms with Crippen LogP contribution in [0.2, 0.25) is 0 Å². The minimum Gasteiger partial charge on any atom is -0.493 e. The van der Waals surface area contributed by atoms with Crippen LogP contribution in [0.4, 0.5) is 0 Å². The zero-order valence-electron chi connectivity index (χ0n) is 22.1. The van der Waals surface area contributed by atoms with Gasteiger partial charge in [0.1, 0.15) is 6.54 Å². The summed E-state index contributed by atoms with van der Waals surface area (Å²) >= 11 is 2.98. The van der Waals surface area contributed by atoms with E-state index in [1.807, 2.05) is 47.2 Å². The molecule has 2 aliphatic heterocycles. The number of benzene rings is 1. The summed E-state index contributed by atoms with van der Waals surface area (Å²) in [7, 11) is 3.19. The Labute approximate surface area is 236 Å². The Morgan fingerprint density at radius 3 is 2.51 bits per heavy atom. The SMILES string of the molecule is COc1ccc([C@@H]2CC(c3cccs3)=NN2C(=O)CN(CCN2CCOCC2)C(=O)c2cccs2)cc1OC. The molecule has 39 heavy (non-hydrogen) atoms. The molecular formula is C28H32N4O5S2. The van der Waals surface area contributed by atoms with Crippen molar-refractivity contribution in [3.63, 3.8) is 0 Å². The first-order chi connectivity index (χ1) is 19.1. The van der Waals surface area contributed by atoms with E-state index in [0.29, 0.717) is 49.1 Å². The molecule has 2 aromatic heterocycles. The molecule has 2 aliphatic rings. The van der Waals surface area contributed by atoms with E-state index in [9.17, 15) is 9.59 Å². The molecule has 0 aliphatic carbocycles. The third-order valence-corrected chi connectivity index (χ3v) is 8.68. The quantitative estimate of drug-likeness (QED) is 0.368. The van der Waals surface area contributed by atoms with Crippen molar-refractivity contribution in [2.75, 3.05) is 60.2 Å². The summed E-state index contributed by atoms with van der Waals surface area (Å²) in [4.78, 5) is 32.9. The maximum absolute atomic E-state index is 13.9. The monoisotopic (exact) mass is 568 g/mol. The number of hydrogen-bond donors (Lipinski definition) is 0. The van der Waals surface area contributed by atoms with Crippen molar-refractivity contribution in [1.82, 2.24) is 14.8 Å². The molecule has 3 aromatic rings. The van der Waals surface area contributed by atoms with Gasteiger partial charge in [-0.2, -0.15) is 5.10 Å². The van der Waals surface area contributed by atoms with Crippen LogP contribution in [0.5, 0.6) is 11.5 Å². The van der Waals surface area contributed by atoms with Crippen molar-refractivity contribution in [3.8, 4) is 11.5 Å². The standard InChI is InChI=1S/C28H32N4O5S2/c1-35-23-8-7-20(17-24(23)36-2)22-18-21(25-5-3-15-38-25)29-32(22)27(33)19-31(28(34)26-6-4-16-39-26)10-9-30-11-13-37-14-12-30/h3-8,15-17,22H,9-14,18-19H2,1-2H3/t22-/m0/s1. The van der Waals surface area contributed by atoms with Crippen molar-refractivity contribution in [2.45, 2.75) is 12.5 Å². The molecule has 0 N–H and O–H groups in total. The number of carbonyl (C=O) groups is 2. The molecule has 0 saturated carbocycles. The molecule has 0 bridgehead atoms. The summed E-state index contributed by atoms with van der Waals surface area (Å²) in [5, 5.41) is 10.2. The van der Waals surface area contributed by atoms with Gasteiger partial charge in [-0.1, -0.05) is 18.2 Å². The highest BCUT2D eigenvalue weighted by Crippen LogP contribution is 2.38. The van der Waals surface area contributed by atoms with Gasteiger partial charge in [-0.3, -0.25) is 14.5 Å². The van der Waals surface area contributed by atoms with Gasteiger partial charge in [0.15, 0.2) is 11.5 Å². The second-order valence-electron chi connectivity index (χ2n) is 9.25. The van der Waals surface area contributed by atoms with E-state index >= 15 is 0 Å². The fourth-order valence-electron chi connectivity index (χ4n) is 4.78. The Morgan fingerprint density at radius 1 is 1.05 bits per heavy atom. The predicted molar refractivity (Wildman–Crippen MR) is 152 cm³/mol. The molecule has 1 saturated heterocycles. The number of amides is 2. The molecule has 2 amide bonds. The summed E-state index contributed by atoms with van der Waals surface area (Å²) in [6, 6.07) is 13.0.